The van der Waals surface area contributed by atoms with Gasteiger partial charge < -0.3 is 0 Å². The van der Waals surface area contributed by atoms with Crippen molar-refractivity contribution in [2.24, 2.45) is 0 Å². The van der Waals surface area contributed by atoms with E-state index in [0.29, 0.717) is 16.2 Å². The van der Waals surface area contributed by atoms with Crippen LogP contribution < -0.4 is 0 Å². The monoisotopic (exact) mass is 394 g/mol. The third-order valence-corrected chi connectivity index (χ3v) is 5.48. The van der Waals surface area contributed by atoms with Crippen LogP contribution in [0, 0.1) is 0 Å². The minimum atomic E-state index is -0.302. The number of fused-ring (bicyclic) bond motifs is 1. The van der Waals surface area contributed by atoms with Crippen LogP contribution in [0.25, 0.3) is 16.7 Å². The zero-order chi connectivity index (χ0) is 18.8. The fourth-order valence-corrected chi connectivity index (χ4v) is 3.83. The van der Waals surface area contributed by atoms with Crippen molar-refractivity contribution in [1.82, 2.24) is 19.7 Å². The van der Waals surface area contributed by atoms with Gasteiger partial charge in [-0.25, -0.2) is 14.6 Å². The molecule has 4 aromatic rings. The van der Waals surface area contributed by atoms with E-state index in [4.69, 9.17) is 11.6 Å². The third-order valence-electron chi connectivity index (χ3n) is 4.12. The number of halogens is 1. The Balaban J connectivity index is 1.63. The quantitative estimate of drug-likeness (QED) is 0.275. The van der Waals surface area contributed by atoms with Crippen LogP contribution in [0.3, 0.4) is 0 Å². The molecule has 0 spiro atoms. The summed E-state index contributed by atoms with van der Waals surface area (Å²) >= 11 is 7.30. The van der Waals surface area contributed by atoms with Crippen LogP contribution in [0.2, 0.25) is 5.02 Å². The van der Waals surface area contributed by atoms with E-state index in [2.05, 4.69) is 15.1 Å². The molecule has 1 unspecified atom stereocenters. The summed E-state index contributed by atoms with van der Waals surface area (Å²) in [6, 6.07) is 16.7. The zero-order valence-corrected chi connectivity index (χ0v) is 16.0. The SMILES string of the molecule is CC(Sc1ncnc2c1cnn2-c1ccccc1)C(=O)c1ccc(Cl)cc1. The van der Waals surface area contributed by atoms with E-state index in [9.17, 15) is 4.79 Å². The summed E-state index contributed by atoms with van der Waals surface area (Å²) in [5.74, 6) is 0.0267. The Hall–Kier alpha value is -2.70. The molecule has 7 heteroatoms. The number of para-hydroxylation sites is 1. The Labute approximate surface area is 165 Å². The Kier molecular flexibility index (Phi) is 4.92. The molecule has 5 nitrogen and oxygen atoms in total. The molecule has 0 aliphatic carbocycles. The van der Waals surface area contributed by atoms with E-state index in [1.807, 2.05) is 37.3 Å². The summed E-state index contributed by atoms with van der Waals surface area (Å²) in [7, 11) is 0. The maximum Gasteiger partial charge on any atom is 0.175 e. The largest absolute Gasteiger partial charge is 0.293 e. The minimum absolute atomic E-state index is 0.0267. The lowest BCUT2D eigenvalue weighted by atomic mass is 10.1. The van der Waals surface area contributed by atoms with Crippen molar-refractivity contribution >= 4 is 40.2 Å². The smallest absolute Gasteiger partial charge is 0.175 e. The van der Waals surface area contributed by atoms with E-state index in [1.54, 1.807) is 35.1 Å². The molecule has 0 aliphatic heterocycles. The summed E-state index contributed by atoms with van der Waals surface area (Å²) in [4.78, 5) is 21.4. The van der Waals surface area contributed by atoms with Crippen LogP contribution >= 0.6 is 23.4 Å². The highest BCUT2D eigenvalue weighted by atomic mass is 35.5. The lowest BCUT2D eigenvalue weighted by Crippen LogP contribution is -2.13. The number of rotatable bonds is 5. The number of benzene rings is 2. The predicted octanol–water partition coefficient (Wildman–Crippen LogP) is 4.83. The Morgan fingerprint density at radius 1 is 1.07 bits per heavy atom. The minimum Gasteiger partial charge on any atom is -0.293 e. The highest BCUT2D eigenvalue weighted by Gasteiger charge is 2.20. The Bertz CT molecular complexity index is 1100. The molecule has 2 aromatic heterocycles. The van der Waals surface area contributed by atoms with Gasteiger partial charge in [-0.2, -0.15) is 5.10 Å². The van der Waals surface area contributed by atoms with E-state index in [1.165, 1.54) is 18.1 Å². The molecule has 0 fully saturated rings. The zero-order valence-electron chi connectivity index (χ0n) is 14.4. The van der Waals surface area contributed by atoms with Crippen molar-refractivity contribution in [3.8, 4) is 5.69 Å². The molecule has 0 saturated heterocycles. The van der Waals surface area contributed by atoms with Crippen LogP contribution in [-0.4, -0.2) is 30.8 Å². The van der Waals surface area contributed by atoms with Crippen molar-refractivity contribution in [3.05, 3.63) is 77.7 Å². The topological polar surface area (TPSA) is 60.7 Å². The third kappa shape index (κ3) is 3.59. The molecule has 0 saturated carbocycles. The standard InChI is InChI=1S/C20H15ClN4OS/c1-13(18(26)14-7-9-15(21)10-8-14)27-20-17-11-24-25(19(17)22-12-23-20)16-5-3-2-4-6-16/h2-13H,1H3. The molecule has 0 N–H and O–H groups in total. The molecular weight excluding hydrogens is 380 g/mol. The van der Waals surface area contributed by atoms with E-state index in [-0.39, 0.29) is 11.0 Å². The highest BCUT2D eigenvalue weighted by molar-refractivity contribution is 8.00. The fourth-order valence-electron chi connectivity index (χ4n) is 2.74. The molecule has 1 atom stereocenters. The van der Waals surface area contributed by atoms with Crippen molar-refractivity contribution in [3.63, 3.8) is 0 Å². The molecular formula is C20H15ClN4OS. The first kappa shape index (κ1) is 17.7. The number of hydrogen-bond acceptors (Lipinski definition) is 5. The number of aromatic nitrogens is 4. The van der Waals surface area contributed by atoms with Gasteiger partial charge in [0.2, 0.25) is 0 Å². The van der Waals surface area contributed by atoms with Gasteiger partial charge >= 0.3 is 0 Å². The average molecular weight is 395 g/mol. The molecule has 134 valence electrons. The predicted molar refractivity (Wildman–Crippen MR) is 108 cm³/mol. The molecule has 0 radical (unpaired) electrons. The van der Waals surface area contributed by atoms with Gasteiger partial charge in [0.15, 0.2) is 11.4 Å². The first-order valence-electron chi connectivity index (χ1n) is 8.34. The number of hydrogen-bond donors (Lipinski definition) is 0. The second-order valence-electron chi connectivity index (χ2n) is 5.94. The second-order valence-corrected chi connectivity index (χ2v) is 7.71. The maximum atomic E-state index is 12.7. The van der Waals surface area contributed by atoms with Gasteiger partial charge in [0.1, 0.15) is 11.4 Å². The van der Waals surface area contributed by atoms with Crippen molar-refractivity contribution in [2.45, 2.75) is 17.2 Å². The first-order chi connectivity index (χ1) is 13.1. The lowest BCUT2D eigenvalue weighted by Gasteiger charge is -2.10. The number of ketones is 1. The van der Waals surface area contributed by atoms with Gasteiger partial charge in [0, 0.05) is 10.6 Å². The highest BCUT2D eigenvalue weighted by Crippen LogP contribution is 2.30. The van der Waals surface area contributed by atoms with Crippen LogP contribution in [0.15, 0.2) is 72.1 Å². The van der Waals surface area contributed by atoms with Gasteiger partial charge in [-0.05, 0) is 43.3 Å². The first-order valence-corrected chi connectivity index (χ1v) is 9.60. The summed E-state index contributed by atoms with van der Waals surface area (Å²) in [5.41, 5.74) is 2.27. The van der Waals surface area contributed by atoms with Crippen molar-refractivity contribution < 1.29 is 4.79 Å². The lowest BCUT2D eigenvalue weighted by molar-refractivity contribution is 0.0994. The van der Waals surface area contributed by atoms with Crippen LogP contribution in [0.5, 0.6) is 0 Å². The normalized spacial score (nSPS) is 12.2. The van der Waals surface area contributed by atoms with Crippen LogP contribution in [0.4, 0.5) is 0 Å². The number of nitrogens with zero attached hydrogens (tertiary/aromatic N) is 4. The van der Waals surface area contributed by atoms with Crippen molar-refractivity contribution in [1.29, 1.82) is 0 Å². The van der Waals surface area contributed by atoms with E-state index < -0.39 is 0 Å². The molecule has 2 aromatic carbocycles. The van der Waals surface area contributed by atoms with Gasteiger partial charge in [-0.15, -0.1) is 0 Å². The number of carbonyl (C=O) groups is 1. The van der Waals surface area contributed by atoms with Crippen LogP contribution in [-0.2, 0) is 0 Å². The van der Waals surface area contributed by atoms with E-state index >= 15 is 0 Å². The average Bonchev–Trinajstić information content (AvgIpc) is 3.14. The summed E-state index contributed by atoms with van der Waals surface area (Å²) in [5, 5.41) is 6.31. The van der Waals surface area contributed by atoms with Gasteiger partial charge in [-0.3, -0.25) is 4.79 Å². The molecule has 4 rings (SSSR count). The summed E-state index contributed by atoms with van der Waals surface area (Å²) in [6.07, 6.45) is 3.25. The van der Waals surface area contributed by atoms with Crippen molar-refractivity contribution in [2.75, 3.05) is 0 Å². The number of Topliss-reactive ketones (excluding diaryl/α,β-unsaturated/α-hetero) is 1. The van der Waals surface area contributed by atoms with Crippen LogP contribution in [0.1, 0.15) is 17.3 Å². The Morgan fingerprint density at radius 3 is 2.56 bits per heavy atom. The Morgan fingerprint density at radius 2 is 1.81 bits per heavy atom. The molecule has 27 heavy (non-hydrogen) atoms. The summed E-state index contributed by atoms with van der Waals surface area (Å²) in [6.45, 7) is 1.87. The number of thioether (sulfide) groups is 1. The van der Waals surface area contributed by atoms with E-state index in [0.717, 1.165) is 16.1 Å². The fraction of sp³-hybridized carbons (Fsp3) is 0.100. The molecule has 0 amide bonds. The van der Waals surface area contributed by atoms with Gasteiger partial charge in [0.25, 0.3) is 0 Å². The second kappa shape index (κ2) is 7.50. The van der Waals surface area contributed by atoms with Gasteiger partial charge in [-0.1, -0.05) is 41.6 Å². The van der Waals surface area contributed by atoms with Gasteiger partial charge in [0.05, 0.1) is 22.5 Å². The maximum absolute atomic E-state index is 12.7. The molecule has 0 bridgehead atoms. The summed E-state index contributed by atoms with van der Waals surface area (Å²) < 4.78 is 1.77. The molecule has 0 aliphatic rings. The number of carbonyl (C=O) groups excluding carboxylic acids is 1. The molecule has 2 heterocycles.